The van der Waals surface area contributed by atoms with Crippen LogP contribution in [0.5, 0.6) is 0 Å². The molecule has 0 saturated heterocycles. The second-order valence-electron chi connectivity index (χ2n) is 6.67. The highest BCUT2D eigenvalue weighted by atomic mass is 32.2. The quantitative estimate of drug-likeness (QED) is 0.474. The largest absolute Gasteiger partial charge is 0.353 e. The van der Waals surface area contributed by atoms with Crippen molar-refractivity contribution >= 4 is 27.7 Å². The maximum absolute atomic E-state index is 12.7. The first kappa shape index (κ1) is 24.9. The molecule has 0 saturated carbocycles. The summed E-state index contributed by atoms with van der Waals surface area (Å²) >= 11 is 1.60. The van der Waals surface area contributed by atoms with E-state index in [1.54, 1.807) is 18.7 Å². The molecule has 0 aromatic heterocycles. The van der Waals surface area contributed by atoms with Gasteiger partial charge < -0.3 is 5.32 Å². The summed E-state index contributed by atoms with van der Waals surface area (Å²) in [7, 11) is -3.44. The van der Waals surface area contributed by atoms with Gasteiger partial charge in [0.2, 0.25) is 15.9 Å². The van der Waals surface area contributed by atoms with Crippen molar-refractivity contribution in [3.05, 3.63) is 35.9 Å². The second-order valence-corrected chi connectivity index (χ2v) is 9.69. The Morgan fingerprint density at radius 2 is 1.79 bits per heavy atom. The van der Waals surface area contributed by atoms with Crippen molar-refractivity contribution in [1.29, 1.82) is 0 Å². The monoisotopic (exact) mass is 429 g/mol. The molecule has 0 bridgehead atoms. The van der Waals surface area contributed by atoms with Crippen molar-refractivity contribution in [3.63, 3.8) is 0 Å². The van der Waals surface area contributed by atoms with Crippen LogP contribution in [0.15, 0.2) is 30.3 Å². The van der Waals surface area contributed by atoms with E-state index in [-0.39, 0.29) is 17.7 Å². The third-order valence-corrected chi connectivity index (χ3v) is 6.83. The lowest BCUT2D eigenvalue weighted by molar-refractivity contribution is -0.123. The zero-order chi connectivity index (χ0) is 21.0. The van der Waals surface area contributed by atoms with Gasteiger partial charge in [-0.05, 0) is 50.4 Å². The fourth-order valence-corrected chi connectivity index (χ4v) is 4.37. The topological polar surface area (TPSA) is 78.5 Å². The highest BCUT2D eigenvalue weighted by Gasteiger charge is 2.25. The first-order chi connectivity index (χ1) is 13.4. The van der Waals surface area contributed by atoms with Crippen LogP contribution in [-0.2, 0) is 21.2 Å². The molecular formula is C20H35N3O3S2. The Labute approximate surface area is 174 Å². The van der Waals surface area contributed by atoms with E-state index < -0.39 is 16.1 Å². The Balaban J connectivity index is 2.81. The molecule has 0 aliphatic heterocycles. The predicted octanol–water partition coefficient (Wildman–Crippen LogP) is 2.12. The van der Waals surface area contributed by atoms with Crippen molar-refractivity contribution < 1.29 is 13.2 Å². The van der Waals surface area contributed by atoms with Gasteiger partial charge in [-0.25, -0.2) is 13.1 Å². The van der Waals surface area contributed by atoms with E-state index in [2.05, 4.69) is 40.9 Å². The molecule has 2 unspecified atom stereocenters. The van der Waals surface area contributed by atoms with Crippen LogP contribution in [0, 0.1) is 0 Å². The van der Waals surface area contributed by atoms with E-state index in [9.17, 15) is 13.2 Å². The molecule has 28 heavy (non-hydrogen) atoms. The van der Waals surface area contributed by atoms with Crippen LogP contribution in [0.2, 0.25) is 0 Å². The number of carbonyl (C=O) groups excluding carboxylic acids is 1. The summed E-state index contributed by atoms with van der Waals surface area (Å²) in [5.41, 5.74) is 1.22. The van der Waals surface area contributed by atoms with Crippen LogP contribution < -0.4 is 10.0 Å². The molecule has 0 spiro atoms. The molecule has 1 aromatic carbocycles. The van der Waals surface area contributed by atoms with Crippen molar-refractivity contribution in [2.75, 3.05) is 37.4 Å². The number of nitrogens with zero attached hydrogens (tertiary/aromatic N) is 1. The summed E-state index contributed by atoms with van der Waals surface area (Å²) in [5.74, 6) is 0.427. The van der Waals surface area contributed by atoms with Gasteiger partial charge in [0.25, 0.3) is 0 Å². The molecule has 0 fully saturated rings. The lowest BCUT2D eigenvalue weighted by Crippen LogP contribution is -2.51. The first-order valence-electron chi connectivity index (χ1n) is 9.91. The van der Waals surface area contributed by atoms with Crippen LogP contribution in [0.4, 0.5) is 0 Å². The molecule has 1 aromatic rings. The van der Waals surface area contributed by atoms with Crippen LogP contribution in [0.1, 0.15) is 32.8 Å². The zero-order valence-corrected chi connectivity index (χ0v) is 19.1. The second kappa shape index (κ2) is 13.2. The Kier molecular flexibility index (Phi) is 11.8. The van der Waals surface area contributed by atoms with Crippen LogP contribution in [0.25, 0.3) is 0 Å². The highest BCUT2D eigenvalue weighted by Crippen LogP contribution is 2.09. The molecule has 160 valence electrons. The SMILES string of the molecule is CCN(CC)C(CNC(=O)C(CCSC)NS(=O)(=O)CC)Cc1ccccc1. The van der Waals surface area contributed by atoms with Crippen LogP contribution in [0.3, 0.4) is 0 Å². The number of hydrogen-bond donors (Lipinski definition) is 2. The Morgan fingerprint density at radius 1 is 1.14 bits per heavy atom. The minimum atomic E-state index is -3.44. The number of thioether (sulfide) groups is 1. The molecule has 8 heteroatoms. The number of sulfonamides is 1. The number of benzene rings is 1. The van der Waals surface area contributed by atoms with Crippen molar-refractivity contribution in [3.8, 4) is 0 Å². The molecule has 0 aliphatic carbocycles. The summed E-state index contributed by atoms with van der Waals surface area (Å²) in [6.45, 7) is 8.06. The zero-order valence-electron chi connectivity index (χ0n) is 17.5. The average molecular weight is 430 g/mol. The normalized spacial score (nSPS) is 14.0. The van der Waals surface area contributed by atoms with Crippen LogP contribution >= 0.6 is 11.8 Å². The third kappa shape index (κ3) is 8.94. The van der Waals surface area contributed by atoms with Gasteiger partial charge in [-0.15, -0.1) is 0 Å². The van der Waals surface area contributed by atoms with Gasteiger partial charge in [0, 0.05) is 12.6 Å². The van der Waals surface area contributed by atoms with Gasteiger partial charge in [0.15, 0.2) is 0 Å². The molecule has 0 radical (unpaired) electrons. The van der Waals surface area contributed by atoms with Gasteiger partial charge in [0.05, 0.1) is 5.75 Å². The lowest BCUT2D eigenvalue weighted by Gasteiger charge is -2.30. The molecular weight excluding hydrogens is 394 g/mol. The Hall–Kier alpha value is -1.09. The minimum Gasteiger partial charge on any atom is -0.353 e. The van der Waals surface area contributed by atoms with Crippen LogP contribution in [-0.4, -0.2) is 68.7 Å². The summed E-state index contributed by atoms with van der Waals surface area (Å²) in [5, 5.41) is 2.99. The molecule has 0 heterocycles. The molecule has 2 atom stereocenters. The highest BCUT2D eigenvalue weighted by molar-refractivity contribution is 7.98. The predicted molar refractivity (Wildman–Crippen MR) is 119 cm³/mol. The van der Waals surface area contributed by atoms with Gasteiger partial charge in [-0.2, -0.15) is 11.8 Å². The lowest BCUT2D eigenvalue weighted by atomic mass is 10.0. The van der Waals surface area contributed by atoms with E-state index in [4.69, 9.17) is 0 Å². The maximum atomic E-state index is 12.7. The standard InChI is InChI=1S/C20H35N3O3S2/c1-5-23(6-2)18(15-17-11-9-8-10-12-17)16-21-20(24)19(13-14-27-4)22-28(25,26)7-3/h8-12,18-19,22H,5-7,13-16H2,1-4H3,(H,21,24). The fourth-order valence-electron chi connectivity index (χ4n) is 3.08. The number of likely N-dealkylation sites (N-methyl/N-ethyl adjacent to an activating group) is 1. The summed E-state index contributed by atoms with van der Waals surface area (Å²) in [6, 6.07) is 9.64. The van der Waals surface area contributed by atoms with Gasteiger partial charge in [0.1, 0.15) is 6.04 Å². The van der Waals surface area contributed by atoms with E-state index >= 15 is 0 Å². The van der Waals surface area contributed by atoms with Gasteiger partial charge >= 0.3 is 0 Å². The van der Waals surface area contributed by atoms with E-state index in [0.29, 0.717) is 18.7 Å². The number of amides is 1. The molecule has 1 amide bonds. The smallest absolute Gasteiger partial charge is 0.238 e. The van der Waals surface area contributed by atoms with Crippen molar-refractivity contribution in [1.82, 2.24) is 14.9 Å². The van der Waals surface area contributed by atoms with Crippen molar-refractivity contribution in [2.45, 2.75) is 45.7 Å². The fraction of sp³-hybridized carbons (Fsp3) is 0.650. The number of nitrogens with one attached hydrogen (secondary N) is 2. The maximum Gasteiger partial charge on any atom is 0.238 e. The van der Waals surface area contributed by atoms with Crippen molar-refractivity contribution in [2.24, 2.45) is 0 Å². The molecule has 2 N–H and O–H groups in total. The molecule has 1 rings (SSSR count). The Morgan fingerprint density at radius 3 is 2.32 bits per heavy atom. The van der Waals surface area contributed by atoms with Gasteiger partial charge in [-0.3, -0.25) is 9.69 Å². The third-order valence-electron chi connectivity index (χ3n) is 4.78. The summed E-state index contributed by atoms with van der Waals surface area (Å²) in [4.78, 5) is 15.1. The Bertz CT molecular complexity index is 665. The average Bonchev–Trinajstić information content (AvgIpc) is 2.70. The number of carbonyl (C=O) groups is 1. The molecule has 0 aliphatic rings. The molecule has 6 nitrogen and oxygen atoms in total. The summed E-state index contributed by atoms with van der Waals surface area (Å²) in [6.07, 6.45) is 3.25. The van der Waals surface area contributed by atoms with E-state index in [1.165, 1.54) is 5.56 Å². The van der Waals surface area contributed by atoms with Gasteiger partial charge in [-0.1, -0.05) is 44.2 Å². The van der Waals surface area contributed by atoms with E-state index in [0.717, 1.165) is 19.5 Å². The summed E-state index contributed by atoms with van der Waals surface area (Å²) < 4.78 is 26.4. The minimum absolute atomic E-state index is 0.0356. The van der Waals surface area contributed by atoms with E-state index in [1.807, 2.05) is 24.5 Å². The number of rotatable bonds is 14. The number of hydrogen-bond acceptors (Lipinski definition) is 5. The first-order valence-corrected chi connectivity index (χ1v) is 13.0.